The van der Waals surface area contributed by atoms with E-state index in [1.165, 1.54) is 25.7 Å². The zero-order valence-corrected chi connectivity index (χ0v) is 12.1. The lowest BCUT2D eigenvalue weighted by Gasteiger charge is -2.41. The minimum Gasteiger partial charge on any atom is -0.311 e. The first-order chi connectivity index (χ1) is 7.34. The van der Waals surface area contributed by atoms with E-state index in [-0.39, 0.29) is 0 Å². The molecule has 0 saturated heterocycles. The lowest BCUT2D eigenvalue weighted by molar-refractivity contribution is 0.139. The summed E-state index contributed by atoms with van der Waals surface area (Å²) in [5.74, 6) is 1.67. The van der Waals surface area contributed by atoms with E-state index in [1.54, 1.807) is 0 Å². The Balaban J connectivity index is 2.48. The van der Waals surface area contributed by atoms with Gasteiger partial charge < -0.3 is 5.32 Å². The molecule has 0 spiro atoms. The summed E-state index contributed by atoms with van der Waals surface area (Å²) in [7, 11) is 0. The third kappa shape index (κ3) is 4.08. The van der Waals surface area contributed by atoms with Crippen LogP contribution in [0.4, 0.5) is 0 Å². The maximum Gasteiger partial charge on any atom is 0.00772 e. The molecule has 96 valence electrons. The van der Waals surface area contributed by atoms with Crippen LogP contribution in [-0.4, -0.2) is 12.1 Å². The second-order valence-corrected chi connectivity index (χ2v) is 6.95. The van der Waals surface area contributed by atoms with E-state index in [4.69, 9.17) is 0 Å². The van der Waals surface area contributed by atoms with Gasteiger partial charge in [-0.2, -0.15) is 0 Å². The highest BCUT2D eigenvalue weighted by atomic mass is 15.0. The predicted octanol–water partition coefficient (Wildman–Crippen LogP) is 4.23. The minimum atomic E-state index is 0.532. The average Bonchev–Trinajstić information content (AvgIpc) is 2.12. The first-order valence-corrected chi connectivity index (χ1v) is 7.10. The number of nitrogens with one attached hydrogen (secondary N) is 1. The lowest BCUT2D eigenvalue weighted by Crippen LogP contribution is -2.45. The Morgan fingerprint density at radius 1 is 1.25 bits per heavy atom. The zero-order chi connectivity index (χ0) is 12.3. The Bertz CT molecular complexity index is 209. The van der Waals surface area contributed by atoms with Gasteiger partial charge in [-0.15, -0.1) is 0 Å². The van der Waals surface area contributed by atoms with Crippen molar-refractivity contribution < 1.29 is 0 Å². The minimum absolute atomic E-state index is 0.532. The second kappa shape index (κ2) is 5.53. The van der Waals surface area contributed by atoms with Crippen LogP contribution in [0.5, 0.6) is 0 Å². The molecule has 0 bridgehead atoms. The molecule has 1 aliphatic rings. The van der Waals surface area contributed by atoms with Crippen LogP contribution in [0.15, 0.2) is 0 Å². The molecular formula is C15H31N. The van der Waals surface area contributed by atoms with Gasteiger partial charge in [0, 0.05) is 12.1 Å². The fourth-order valence-electron chi connectivity index (χ4n) is 3.36. The van der Waals surface area contributed by atoms with E-state index < -0.39 is 0 Å². The fourth-order valence-corrected chi connectivity index (χ4v) is 3.36. The molecule has 0 aromatic rings. The van der Waals surface area contributed by atoms with Crippen LogP contribution in [0, 0.1) is 17.3 Å². The maximum atomic E-state index is 3.86. The quantitative estimate of drug-likeness (QED) is 0.755. The highest BCUT2D eigenvalue weighted by molar-refractivity contribution is 4.88. The topological polar surface area (TPSA) is 12.0 Å². The van der Waals surface area contributed by atoms with Crippen molar-refractivity contribution in [2.24, 2.45) is 17.3 Å². The molecule has 0 amide bonds. The van der Waals surface area contributed by atoms with E-state index in [2.05, 4.69) is 46.9 Å². The molecule has 1 saturated carbocycles. The molecule has 16 heavy (non-hydrogen) atoms. The van der Waals surface area contributed by atoms with E-state index in [1.807, 2.05) is 0 Å². The number of hydrogen-bond donors (Lipinski definition) is 1. The summed E-state index contributed by atoms with van der Waals surface area (Å²) >= 11 is 0. The molecule has 4 unspecified atom stereocenters. The number of rotatable bonds is 4. The lowest BCUT2D eigenvalue weighted by atomic mass is 9.70. The normalized spacial score (nSPS) is 33.4. The molecule has 1 fully saturated rings. The van der Waals surface area contributed by atoms with Crippen molar-refractivity contribution in [3.05, 3.63) is 0 Å². The summed E-state index contributed by atoms with van der Waals surface area (Å²) in [5, 5.41) is 3.86. The molecule has 0 aromatic carbocycles. The van der Waals surface area contributed by atoms with Crippen LogP contribution in [0.25, 0.3) is 0 Å². The predicted molar refractivity (Wildman–Crippen MR) is 72.6 cm³/mol. The summed E-state index contributed by atoms with van der Waals surface area (Å²) in [6.45, 7) is 14.2. The number of hydrogen-bond acceptors (Lipinski definition) is 1. The summed E-state index contributed by atoms with van der Waals surface area (Å²) in [6, 6.07) is 1.40. The van der Waals surface area contributed by atoms with Crippen LogP contribution < -0.4 is 5.32 Å². The van der Waals surface area contributed by atoms with Gasteiger partial charge in [0.05, 0.1) is 0 Å². The monoisotopic (exact) mass is 225 g/mol. The van der Waals surface area contributed by atoms with Crippen molar-refractivity contribution in [1.29, 1.82) is 0 Å². The Labute approximate surface area is 102 Å². The highest BCUT2D eigenvalue weighted by Crippen LogP contribution is 2.38. The summed E-state index contributed by atoms with van der Waals surface area (Å²) in [6.07, 6.45) is 5.38. The van der Waals surface area contributed by atoms with Gasteiger partial charge in [-0.1, -0.05) is 41.0 Å². The van der Waals surface area contributed by atoms with Crippen molar-refractivity contribution in [3.8, 4) is 0 Å². The van der Waals surface area contributed by atoms with Gasteiger partial charge in [0.25, 0.3) is 0 Å². The maximum absolute atomic E-state index is 3.86. The largest absolute Gasteiger partial charge is 0.311 e. The molecule has 1 N–H and O–H groups in total. The molecular weight excluding hydrogens is 194 g/mol. The third-order valence-electron chi connectivity index (χ3n) is 4.38. The van der Waals surface area contributed by atoms with Crippen molar-refractivity contribution in [3.63, 3.8) is 0 Å². The van der Waals surface area contributed by atoms with E-state index >= 15 is 0 Å². The van der Waals surface area contributed by atoms with Gasteiger partial charge in [0.2, 0.25) is 0 Å². The van der Waals surface area contributed by atoms with Gasteiger partial charge >= 0.3 is 0 Å². The standard InChI is InChI=1S/C15H31N/c1-7-12(3)13(4)16-14-8-11(2)9-15(5,6)10-14/h11-14,16H,7-10H2,1-6H3. The molecule has 0 aliphatic heterocycles. The van der Waals surface area contributed by atoms with Crippen molar-refractivity contribution in [1.82, 2.24) is 5.32 Å². The molecule has 4 atom stereocenters. The third-order valence-corrected chi connectivity index (χ3v) is 4.38. The Hall–Kier alpha value is -0.0400. The van der Waals surface area contributed by atoms with Gasteiger partial charge in [-0.05, 0) is 43.4 Å². The molecule has 1 rings (SSSR count). The van der Waals surface area contributed by atoms with Crippen LogP contribution >= 0.6 is 0 Å². The summed E-state index contributed by atoms with van der Waals surface area (Å²) in [4.78, 5) is 0. The van der Waals surface area contributed by atoms with E-state index in [0.717, 1.165) is 17.9 Å². The van der Waals surface area contributed by atoms with Crippen LogP contribution in [0.1, 0.15) is 67.2 Å². The Kier molecular flexibility index (Phi) is 4.85. The molecule has 1 heteroatoms. The molecule has 1 aliphatic carbocycles. The van der Waals surface area contributed by atoms with Crippen LogP contribution in [0.2, 0.25) is 0 Å². The smallest absolute Gasteiger partial charge is 0.00772 e. The summed E-state index contributed by atoms with van der Waals surface area (Å²) in [5.41, 5.74) is 0.532. The van der Waals surface area contributed by atoms with Gasteiger partial charge in [-0.25, -0.2) is 0 Å². The van der Waals surface area contributed by atoms with Crippen LogP contribution in [0.3, 0.4) is 0 Å². The second-order valence-electron chi connectivity index (χ2n) is 6.95. The van der Waals surface area contributed by atoms with E-state index in [9.17, 15) is 0 Å². The molecule has 0 aromatic heterocycles. The van der Waals surface area contributed by atoms with E-state index in [0.29, 0.717) is 11.5 Å². The Morgan fingerprint density at radius 3 is 2.38 bits per heavy atom. The summed E-state index contributed by atoms with van der Waals surface area (Å²) < 4.78 is 0. The first-order valence-electron chi connectivity index (χ1n) is 7.10. The van der Waals surface area contributed by atoms with Gasteiger partial charge in [0.1, 0.15) is 0 Å². The Morgan fingerprint density at radius 2 is 1.88 bits per heavy atom. The zero-order valence-electron chi connectivity index (χ0n) is 12.1. The molecule has 1 nitrogen and oxygen atoms in total. The highest BCUT2D eigenvalue weighted by Gasteiger charge is 2.32. The first kappa shape index (κ1) is 14.0. The molecule has 0 heterocycles. The van der Waals surface area contributed by atoms with Gasteiger partial charge in [-0.3, -0.25) is 0 Å². The average molecular weight is 225 g/mol. The SMILES string of the molecule is CCC(C)C(C)NC1CC(C)CC(C)(C)C1. The van der Waals surface area contributed by atoms with Crippen molar-refractivity contribution in [2.45, 2.75) is 79.3 Å². The van der Waals surface area contributed by atoms with Gasteiger partial charge in [0.15, 0.2) is 0 Å². The molecule has 0 radical (unpaired) electrons. The van der Waals surface area contributed by atoms with Crippen molar-refractivity contribution in [2.75, 3.05) is 0 Å². The van der Waals surface area contributed by atoms with Crippen molar-refractivity contribution >= 4 is 0 Å². The fraction of sp³-hybridized carbons (Fsp3) is 1.00. The van der Waals surface area contributed by atoms with Crippen LogP contribution in [-0.2, 0) is 0 Å².